The molecule has 0 atom stereocenters. The molecule has 1 aliphatic rings. The molecule has 1 amide bonds. The highest BCUT2D eigenvalue weighted by atomic mass is 35.5. The van der Waals surface area contributed by atoms with Gasteiger partial charge >= 0.3 is 0 Å². The molecule has 0 bridgehead atoms. The molecule has 1 aromatic carbocycles. The average Bonchev–Trinajstić information content (AvgIpc) is 2.92. The van der Waals surface area contributed by atoms with Crippen LogP contribution in [0.25, 0.3) is 0 Å². The molecule has 0 saturated carbocycles. The zero-order chi connectivity index (χ0) is 14.4. The van der Waals surface area contributed by atoms with E-state index >= 15 is 0 Å². The number of carbonyl (C=O) groups is 1. The predicted molar refractivity (Wildman–Crippen MR) is 83.5 cm³/mol. The van der Waals surface area contributed by atoms with Gasteiger partial charge in [-0.2, -0.15) is 0 Å². The lowest BCUT2D eigenvalue weighted by Gasteiger charge is -2.14. The van der Waals surface area contributed by atoms with Gasteiger partial charge in [-0.15, -0.1) is 0 Å². The van der Waals surface area contributed by atoms with Crippen LogP contribution >= 0.6 is 23.2 Å². The first kappa shape index (κ1) is 15.6. The summed E-state index contributed by atoms with van der Waals surface area (Å²) >= 11 is 11.9. The van der Waals surface area contributed by atoms with Crippen molar-refractivity contribution in [3.63, 3.8) is 0 Å². The maximum absolute atomic E-state index is 11.7. The third-order valence-corrected chi connectivity index (χ3v) is 4.17. The van der Waals surface area contributed by atoms with E-state index < -0.39 is 0 Å². The van der Waals surface area contributed by atoms with Crippen molar-refractivity contribution in [2.24, 2.45) is 0 Å². The third-order valence-electron chi connectivity index (χ3n) is 3.59. The van der Waals surface area contributed by atoms with Gasteiger partial charge in [0.2, 0.25) is 5.91 Å². The van der Waals surface area contributed by atoms with E-state index in [1.54, 1.807) is 6.07 Å². The summed E-state index contributed by atoms with van der Waals surface area (Å²) in [5, 5.41) is 4.23. The fraction of sp³-hybridized carbons (Fsp3) is 0.533. The Morgan fingerprint density at radius 1 is 1.25 bits per heavy atom. The molecule has 0 aliphatic carbocycles. The highest BCUT2D eigenvalue weighted by molar-refractivity contribution is 6.35. The zero-order valence-corrected chi connectivity index (χ0v) is 13.0. The quantitative estimate of drug-likeness (QED) is 0.875. The molecule has 1 aliphatic heterocycles. The van der Waals surface area contributed by atoms with Crippen LogP contribution in [-0.2, 0) is 11.2 Å². The second kappa shape index (κ2) is 7.87. The molecule has 110 valence electrons. The van der Waals surface area contributed by atoms with Gasteiger partial charge in [0.15, 0.2) is 0 Å². The Hall–Kier alpha value is -0.770. The lowest BCUT2D eigenvalue weighted by atomic mass is 10.1. The number of nitrogens with zero attached hydrogens (tertiary/aromatic N) is 1. The number of amides is 1. The monoisotopic (exact) mass is 314 g/mol. The van der Waals surface area contributed by atoms with Gasteiger partial charge in [0.1, 0.15) is 0 Å². The van der Waals surface area contributed by atoms with Gasteiger partial charge in [-0.1, -0.05) is 29.3 Å². The van der Waals surface area contributed by atoms with Gasteiger partial charge in [-0.3, -0.25) is 4.79 Å². The first-order valence-electron chi connectivity index (χ1n) is 7.08. The summed E-state index contributed by atoms with van der Waals surface area (Å²) in [4.78, 5) is 14.1. The molecule has 1 N–H and O–H groups in total. The smallest absolute Gasteiger partial charge is 0.221 e. The molecule has 0 unspecified atom stereocenters. The van der Waals surface area contributed by atoms with E-state index in [2.05, 4.69) is 10.2 Å². The van der Waals surface area contributed by atoms with E-state index in [1.165, 1.54) is 12.8 Å². The maximum atomic E-state index is 11.7. The van der Waals surface area contributed by atoms with Gasteiger partial charge in [0, 0.05) is 29.6 Å². The molecular weight excluding hydrogens is 295 g/mol. The Bertz CT molecular complexity index is 459. The first-order valence-corrected chi connectivity index (χ1v) is 7.84. The fourth-order valence-corrected chi connectivity index (χ4v) is 2.92. The van der Waals surface area contributed by atoms with E-state index in [9.17, 15) is 4.79 Å². The molecule has 1 saturated heterocycles. The summed E-state index contributed by atoms with van der Waals surface area (Å²) in [5.74, 6) is 0.113. The summed E-state index contributed by atoms with van der Waals surface area (Å²) in [7, 11) is 0. The number of benzene rings is 1. The summed E-state index contributed by atoms with van der Waals surface area (Å²) < 4.78 is 0. The fourth-order valence-electron chi connectivity index (χ4n) is 2.42. The van der Waals surface area contributed by atoms with Gasteiger partial charge in [-0.05, 0) is 50.0 Å². The maximum Gasteiger partial charge on any atom is 0.221 e. The minimum atomic E-state index is 0.113. The molecule has 0 spiro atoms. The molecule has 20 heavy (non-hydrogen) atoms. The Balaban J connectivity index is 1.65. The molecule has 3 nitrogen and oxygen atoms in total. The number of nitrogens with one attached hydrogen (secondary N) is 1. The molecule has 0 aromatic heterocycles. The molecule has 1 fully saturated rings. The van der Waals surface area contributed by atoms with Crippen molar-refractivity contribution >= 4 is 29.1 Å². The second-order valence-corrected chi connectivity index (χ2v) is 5.98. The first-order chi connectivity index (χ1) is 9.65. The number of rotatable bonds is 6. The van der Waals surface area contributed by atoms with E-state index in [0.29, 0.717) is 23.0 Å². The number of likely N-dealkylation sites (tertiary alicyclic amines) is 1. The van der Waals surface area contributed by atoms with Crippen molar-refractivity contribution in [3.05, 3.63) is 33.8 Å². The summed E-state index contributed by atoms with van der Waals surface area (Å²) in [6.07, 6.45) is 3.83. The van der Waals surface area contributed by atoms with Gasteiger partial charge in [-0.25, -0.2) is 0 Å². The van der Waals surface area contributed by atoms with Crippen LogP contribution in [0.2, 0.25) is 10.0 Å². The van der Waals surface area contributed by atoms with Crippen LogP contribution in [0.3, 0.4) is 0 Å². The van der Waals surface area contributed by atoms with Crippen LogP contribution in [0.4, 0.5) is 0 Å². The van der Waals surface area contributed by atoms with Crippen LogP contribution in [0, 0.1) is 0 Å². The molecule has 1 heterocycles. The van der Waals surface area contributed by atoms with E-state index in [-0.39, 0.29) is 5.91 Å². The third kappa shape index (κ3) is 4.97. The number of carbonyl (C=O) groups excluding carboxylic acids is 1. The van der Waals surface area contributed by atoms with Crippen LogP contribution < -0.4 is 5.32 Å². The van der Waals surface area contributed by atoms with Gasteiger partial charge < -0.3 is 10.2 Å². The van der Waals surface area contributed by atoms with E-state index in [4.69, 9.17) is 23.2 Å². The molecule has 0 radical (unpaired) electrons. The second-order valence-electron chi connectivity index (χ2n) is 5.13. The molecule has 5 heteroatoms. The predicted octanol–water partition coefficient (Wildman–Crippen LogP) is 3.14. The lowest BCUT2D eigenvalue weighted by molar-refractivity contribution is -0.121. The SMILES string of the molecule is O=C(CCN1CCCC1)NCCc1ccc(Cl)cc1Cl. The Morgan fingerprint density at radius 2 is 2.00 bits per heavy atom. The largest absolute Gasteiger partial charge is 0.356 e. The van der Waals surface area contributed by atoms with Crippen molar-refractivity contribution in [1.82, 2.24) is 10.2 Å². The van der Waals surface area contributed by atoms with Crippen molar-refractivity contribution < 1.29 is 4.79 Å². The minimum absolute atomic E-state index is 0.113. The van der Waals surface area contributed by atoms with Crippen molar-refractivity contribution in [3.8, 4) is 0 Å². The Labute approximate surface area is 130 Å². The molecule has 2 rings (SSSR count). The van der Waals surface area contributed by atoms with Crippen LogP contribution in [0.5, 0.6) is 0 Å². The highest BCUT2D eigenvalue weighted by Gasteiger charge is 2.12. The summed E-state index contributed by atoms with van der Waals surface area (Å²) in [5.41, 5.74) is 1.01. The van der Waals surface area contributed by atoms with Crippen molar-refractivity contribution in [2.75, 3.05) is 26.2 Å². The van der Waals surface area contributed by atoms with Crippen LogP contribution in [0.15, 0.2) is 18.2 Å². The highest BCUT2D eigenvalue weighted by Crippen LogP contribution is 2.21. The van der Waals surface area contributed by atoms with Crippen LogP contribution in [-0.4, -0.2) is 37.0 Å². The van der Waals surface area contributed by atoms with E-state index in [1.807, 2.05) is 12.1 Å². The summed E-state index contributed by atoms with van der Waals surface area (Å²) in [6, 6.07) is 5.45. The zero-order valence-electron chi connectivity index (χ0n) is 11.5. The minimum Gasteiger partial charge on any atom is -0.356 e. The standard InChI is InChI=1S/C15H20Cl2N2O/c16-13-4-3-12(14(17)11-13)5-7-18-15(20)6-10-19-8-1-2-9-19/h3-4,11H,1-2,5-10H2,(H,18,20). The number of hydrogen-bond acceptors (Lipinski definition) is 2. The average molecular weight is 315 g/mol. The Kier molecular flexibility index (Phi) is 6.14. The van der Waals surface area contributed by atoms with Crippen molar-refractivity contribution in [1.29, 1.82) is 0 Å². The normalized spacial score (nSPS) is 15.5. The number of halogens is 2. The molecule has 1 aromatic rings. The molecular formula is C15H20Cl2N2O. The van der Waals surface area contributed by atoms with Gasteiger partial charge in [0.25, 0.3) is 0 Å². The number of hydrogen-bond donors (Lipinski definition) is 1. The lowest BCUT2D eigenvalue weighted by Crippen LogP contribution is -2.30. The van der Waals surface area contributed by atoms with Gasteiger partial charge in [0.05, 0.1) is 0 Å². The summed E-state index contributed by atoms with van der Waals surface area (Å²) in [6.45, 7) is 3.75. The topological polar surface area (TPSA) is 32.3 Å². The van der Waals surface area contributed by atoms with E-state index in [0.717, 1.165) is 31.6 Å². The Morgan fingerprint density at radius 3 is 2.70 bits per heavy atom. The van der Waals surface area contributed by atoms with Crippen LogP contribution in [0.1, 0.15) is 24.8 Å². The van der Waals surface area contributed by atoms with Crippen molar-refractivity contribution in [2.45, 2.75) is 25.7 Å².